The van der Waals surface area contributed by atoms with Gasteiger partial charge in [0.15, 0.2) is 0 Å². The number of furan rings is 1. The van der Waals surface area contributed by atoms with E-state index in [9.17, 15) is 0 Å². The Balaban J connectivity index is 1.14. The fraction of sp³-hybridized carbons (Fsp3) is 0. The number of hydrogen-bond donors (Lipinski definition) is 0. The topological polar surface area (TPSA) is 19.6 Å². The molecule has 0 amide bonds. The average molecular weight is 760 g/mol. The van der Waals surface area contributed by atoms with Crippen molar-refractivity contribution in [2.24, 2.45) is 0 Å². The summed E-state index contributed by atoms with van der Waals surface area (Å²) in [6.07, 6.45) is 0. The van der Waals surface area contributed by atoms with E-state index in [0.29, 0.717) is 5.56 Å². The molecule has 0 aliphatic rings. The van der Waals surface area contributed by atoms with Crippen molar-refractivity contribution in [1.82, 2.24) is 0 Å². The zero-order chi connectivity index (χ0) is 43.5. The third-order valence-electron chi connectivity index (χ3n) is 11.1. The highest BCUT2D eigenvalue weighted by atomic mass is 16.3. The van der Waals surface area contributed by atoms with Crippen LogP contribution in [0.15, 0.2) is 235 Å². The van der Waals surface area contributed by atoms with Crippen molar-refractivity contribution in [1.29, 1.82) is 0 Å². The van der Waals surface area contributed by atoms with E-state index in [-0.39, 0.29) is 29.7 Å². The zero-order valence-electron chi connectivity index (χ0n) is 36.9. The van der Waals surface area contributed by atoms with Crippen LogP contribution in [0.1, 0.15) is 6.85 Å². The fourth-order valence-electron chi connectivity index (χ4n) is 8.40. The molecule has 0 atom stereocenters. The highest BCUT2D eigenvalue weighted by Crippen LogP contribution is 2.47. The number of fused-ring (bicyclic) bond motifs is 5. The van der Waals surface area contributed by atoms with Crippen molar-refractivity contribution in [2.45, 2.75) is 0 Å². The molecule has 10 aromatic carbocycles. The van der Waals surface area contributed by atoms with Gasteiger partial charge in [0.05, 0.1) is 23.6 Å². The summed E-state index contributed by atoms with van der Waals surface area (Å²) in [4.78, 5) is 4.53. The normalized spacial score (nSPS) is 12.6. The van der Waals surface area contributed by atoms with Gasteiger partial charge in [0.1, 0.15) is 11.2 Å². The van der Waals surface area contributed by atoms with Gasteiger partial charge in [-0.1, -0.05) is 164 Å². The quantitative estimate of drug-likeness (QED) is 0.154. The van der Waals surface area contributed by atoms with E-state index in [4.69, 9.17) is 11.3 Å². The van der Waals surface area contributed by atoms with Gasteiger partial charge in [0.2, 0.25) is 0 Å². The van der Waals surface area contributed by atoms with Crippen LogP contribution < -0.4 is 9.80 Å². The second-order valence-corrected chi connectivity index (χ2v) is 14.6. The molecule has 11 rings (SSSR count). The molecule has 0 saturated heterocycles. The lowest BCUT2D eigenvalue weighted by molar-refractivity contribution is 0.669. The van der Waals surface area contributed by atoms with Crippen LogP contribution in [-0.2, 0) is 0 Å². The van der Waals surface area contributed by atoms with Gasteiger partial charge in [0, 0.05) is 33.5 Å². The summed E-state index contributed by atoms with van der Waals surface area (Å²) in [5.41, 5.74) is 10.1. The minimum atomic E-state index is -0.415. The molecule has 1 heterocycles. The Morgan fingerprint density at radius 1 is 0.356 bits per heavy atom. The molecule has 3 heteroatoms. The van der Waals surface area contributed by atoms with Crippen LogP contribution in [0, 0.1) is 0 Å². The van der Waals surface area contributed by atoms with Crippen molar-refractivity contribution in [3.05, 3.63) is 230 Å². The van der Waals surface area contributed by atoms with E-state index in [1.165, 1.54) is 10.8 Å². The van der Waals surface area contributed by atoms with Crippen molar-refractivity contribution >= 4 is 77.6 Å². The Morgan fingerprint density at radius 3 is 1.71 bits per heavy atom. The summed E-state index contributed by atoms with van der Waals surface area (Å²) in [6.45, 7) is 0. The van der Waals surface area contributed by atoms with Gasteiger partial charge >= 0.3 is 0 Å². The van der Waals surface area contributed by atoms with Crippen LogP contribution in [0.2, 0.25) is 0 Å². The number of para-hydroxylation sites is 2. The molecule has 0 saturated carbocycles. The number of rotatable bonds is 8. The molecule has 11 aromatic rings. The summed E-state index contributed by atoms with van der Waals surface area (Å²) < 4.78 is 48.7. The SMILES string of the molecule is [2H]c1c([2H])c([2H])c(-c2ccc(N(c3ccc(-c4cccc5ccccc45)cc3)c3cc(N(c4ccccc4)c4cccc5oc6ccccc6c45)cc4ccccc34)cc2)c([2H])c1[2H]. The largest absolute Gasteiger partial charge is 0.456 e. The third kappa shape index (κ3) is 6.17. The fourth-order valence-corrected chi connectivity index (χ4v) is 8.40. The van der Waals surface area contributed by atoms with E-state index >= 15 is 0 Å². The van der Waals surface area contributed by atoms with E-state index in [1.54, 1.807) is 0 Å². The molecule has 0 N–H and O–H groups in total. The smallest absolute Gasteiger partial charge is 0.137 e. The molecule has 0 spiro atoms. The van der Waals surface area contributed by atoms with Gasteiger partial charge < -0.3 is 14.2 Å². The van der Waals surface area contributed by atoms with Crippen LogP contribution in [0.25, 0.3) is 65.7 Å². The number of benzene rings is 10. The van der Waals surface area contributed by atoms with E-state index < -0.39 is 6.04 Å². The third-order valence-corrected chi connectivity index (χ3v) is 11.1. The molecule has 0 fully saturated rings. The minimum Gasteiger partial charge on any atom is -0.456 e. The predicted octanol–water partition coefficient (Wildman–Crippen LogP) is 16.2. The minimum absolute atomic E-state index is 0.162. The lowest BCUT2D eigenvalue weighted by Gasteiger charge is -2.31. The molecule has 0 radical (unpaired) electrons. The zero-order valence-corrected chi connectivity index (χ0v) is 31.9. The van der Waals surface area contributed by atoms with Crippen LogP contribution in [-0.4, -0.2) is 0 Å². The molecule has 3 nitrogen and oxygen atoms in total. The Bertz CT molecular complexity index is 3540. The van der Waals surface area contributed by atoms with Crippen LogP contribution in [0.5, 0.6) is 0 Å². The summed E-state index contributed by atoms with van der Waals surface area (Å²) >= 11 is 0. The Morgan fingerprint density at radius 2 is 0.932 bits per heavy atom. The Kier molecular flexibility index (Phi) is 7.25. The van der Waals surface area contributed by atoms with Gasteiger partial charge in [-0.25, -0.2) is 0 Å². The van der Waals surface area contributed by atoms with Gasteiger partial charge in [-0.3, -0.25) is 0 Å². The molecule has 0 aliphatic carbocycles. The first-order chi connectivity index (χ1) is 31.3. The molecule has 0 aliphatic heterocycles. The summed E-state index contributed by atoms with van der Waals surface area (Å²) in [7, 11) is 0. The summed E-state index contributed by atoms with van der Waals surface area (Å²) in [6, 6.07) is 67.0. The molecule has 59 heavy (non-hydrogen) atoms. The summed E-state index contributed by atoms with van der Waals surface area (Å²) in [5, 5.41) is 6.46. The van der Waals surface area contributed by atoms with E-state index in [1.807, 2.05) is 60.7 Å². The average Bonchev–Trinajstić information content (AvgIpc) is 3.73. The maximum absolute atomic E-state index is 8.71. The Hall–Kier alpha value is -7.88. The number of hydrogen-bond acceptors (Lipinski definition) is 3. The molecular formula is C56H38N2O. The highest BCUT2D eigenvalue weighted by Gasteiger charge is 2.23. The first-order valence-electron chi connectivity index (χ1n) is 22.2. The predicted molar refractivity (Wildman–Crippen MR) is 249 cm³/mol. The summed E-state index contributed by atoms with van der Waals surface area (Å²) in [5.74, 6) is 0. The van der Waals surface area contributed by atoms with E-state index in [2.05, 4.69) is 149 Å². The number of nitrogens with zero attached hydrogens (tertiary/aromatic N) is 2. The van der Waals surface area contributed by atoms with Crippen molar-refractivity contribution in [3.8, 4) is 22.3 Å². The van der Waals surface area contributed by atoms with Gasteiger partial charge in [-0.05, 0) is 105 Å². The molecule has 1 aromatic heterocycles. The van der Waals surface area contributed by atoms with E-state index in [0.717, 1.165) is 78.0 Å². The standard InChI is InChI=1S/C56H38N2O/c1-3-15-39(16-4-1)40-29-33-45(34-30-40)57(46-35-31-42(32-36-46)49-25-13-19-41-17-7-9-22-48(41)49)53-38-47(37-43-18-8-10-23-50(43)53)58(44-20-5-2-6-21-44)52-26-14-28-55-56(52)51-24-11-12-27-54(51)59-55/h1-38H/i1D,3D,4D,15D,16D. The maximum atomic E-state index is 8.71. The van der Waals surface area contributed by atoms with Crippen LogP contribution >= 0.6 is 0 Å². The second kappa shape index (κ2) is 14.6. The van der Waals surface area contributed by atoms with Gasteiger partial charge in [-0.15, -0.1) is 0 Å². The van der Waals surface area contributed by atoms with Gasteiger partial charge in [0.25, 0.3) is 0 Å². The lowest BCUT2D eigenvalue weighted by Crippen LogP contribution is -2.14. The first-order valence-corrected chi connectivity index (χ1v) is 19.7. The van der Waals surface area contributed by atoms with Crippen molar-refractivity contribution < 1.29 is 11.3 Å². The van der Waals surface area contributed by atoms with Crippen LogP contribution in [0.4, 0.5) is 34.1 Å². The Labute approximate surface area is 350 Å². The monoisotopic (exact) mass is 759 g/mol. The number of anilines is 6. The molecular weight excluding hydrogens is 717 g/mol. The van der Waals surface area contributed by atoms with Crippen LogP contribution in [0.3, 0.4) is 0 Å². The van der Waals surface area contributed by atoms with Crippen molar-refractivity contribution in [2.75, 3.05) is 9.80 Å². The molecule has 278 valence electrons. The first kappa shape index (κ1) is 29.4. The maximum Gasteiger partial charge on any atom is 0.137 e. The molecule has 0 unspecified atom stereocenters. The lowest BCUT2D eigenvalue weighted by atomic mass is 9.97. The molecule has 0 bridgehead atoms. The second-order valence-electron chi connectivity index (χ2n) is 14.6. The van der Waals surface area contributed by atoms with Gasteiger partial charge in [-0.2, -0.15) is 0 Å². The van der Waals surface area contributed by atoms with Crippen molar-refractivity contribution in [3.63, 3.8) is 0 Å². The highest BCUT2D eigenvalue weighted by molar-refractivity contribution is 6.14.